The van der Waals surface area contributed by atoms with Crippen LogP contribution in [0, 0.1) is 0 Å². The van der Waals surface area contributed by atoms with Crippen LogP contribution in [-0.4, -0.2) is 45.7 Å². The van der Waals surface area contributed by atoms with E-state index in [1.807, 2.05) is 20.8 Å². The number of nitrogens with zero attached hydrogens (tertiary/aromatic N) is 1. The average Bonchev–Trinajstić information content (AvgIpc) is 2.88. The summed E-state index contributed by atoms with van der Waals surface area (Å²) in [5.74, 6) is -0.118. The molecule has 1 aliphatic heterocycles. The molecule has 118 valence electrons. The van der Waals surface area contributed by atoms with E-state index in [0.29, 0.717) is 13.0 Å². The van der Waals surface area contributed by atoms with Crippen LogP contribution in [0.15, 0.2) is 11.6 Å². The summed E-state index contributed by atoms with van der Waals surface area (Å²) in [4.78, 5) is 25.8. The third-order valence-electron chi connectivity index (χ3n) is 4.23. The minimum atomic E-state index is -1.05. The lowest BCUT2D eigenvalue weighted by Gasteiger charge is -2.39. The first kappa shape index (κ1) is 16.0. The summed E-state index contributed by atoms with van der Waals surface area (Å²) in [5, 5.41) is 9.60. The van der Waals surface area contributed by atoms with Crippen LogP contribution in [-0.2, 0) is 9.53 Å². The molecule has 1 heterocycles. The number of rotatable bonds is 5. The van der Waals surface area contributed by atoms with Crippen LogP contribution in [0.25, 0.3) is 0 Å². The second kappa shape index (κ2) is 5.44. The van der Waals surface area contributed by atoms with Crippen molar-refractivity contribution in [1.82, 2.24) is 4.90 Å². The average molecular weight is 295 g/mol. The normalized spacial score (nSPS) is 26.2. The number of carbonyl (C=O) groups excluding carboxylic acids is 1. The van der Waals surface area contributed by atoms with Gasteiger partial charge in [-0.1, -0.05) is 11.6 Å². The van der Waals surface area contributed by atoms with E-state index in [2.05, 4.69) is 6.08 Å². The summed E-state index contributed by atoms with van der Waals surface area (Å²) < 4.78 is 5.26. The minimum Gasteiger partial charge on any atom is -0.465 e. The standard InChI is InChI=1S/C16H25NO4/c1-15(2,3)17(14(19)20)12(9-11-7-5-6-8-11)13(18)16(4)10-21-16/h7,12H,5-6,8-10H2,1-4H3,(H,19,20). The Balaban J connectivity index is 2.29. The summed E-state index contributed by atoms with van der Waals surface area (Å²) in [5.41, 5.74) is -0.243. The molecular formula is C16H25NO4. The molecule has 2 unspecified atom stereocenters. The van der Waals surface area contributed by atoms with E-state index in [1.54, 1.807) is 6.92 Å². The van der Waals surface area contributed by atoms with Gasteiger partial charge in [-0.2, -0.15) is 0 Å². The maximum Gasteiger partial charge on any atom is 0.408 e. The topological polar surface area (TPSA) is 70.1 Å². The highest BCUT2D eigenvalue weighted by Gasteiger charge is 2.53. The molecule has 2 atom stereocenters. The maximum absolute atomic E-state index is 12.8. The number of ether oxygens (including phenoxy) is 1. The van der Waals surface area contributed by atoms with E-state index < -0.39 is 23.3 Å². The van der Waals surface area contributed by atoms with Crippen molar-refractivity contribution in [1.29, 1.82) is 0 Å². The second-order valence-corrected chi connectivity index (χ2v) is 7.18. The number of carbonyl (C=O) groups is 2. The van der Waals surface area contributed by atoms with Crippen molar-refractivity contribution >= 4 is 11.9 Å². The van der Waals surface area contributed by atoms with Gasteiger partial charge in [-0.05, 0) is 53.4 Å². The maximum atomic E-state index is 12.8. The highest BCUT2D eigenvalue weighted by atomic mass is 16.6. The van der Waals surface area contributed by atoms with Crippen LogP contribution in [0.4, 0.5) is 4.79 Å². The Bertz CT molecular complexity index is 471. The van der Waals surface area contributed by atoms with Gasteiger partial charge in [0.25, 0.3) is 0 Å². The van der Waals surface area contributed by atoms with Gasteiger partial charge in [-0.25, -0.2) is 4.79 Å². The number of ketones is 1. The van der Waals surface area contributed by atoms with Crippen LogP contribution < -0.4 is 0 Å². The van der Waals surface area contributed by atoms with Gasteiger partial charge >= 0.3 is 6.09 Å². The summed E-state index contributed by atoms with van der Waals surface area (Å²) in [7, 11) is 0. The van der Waals surface area contributed by atoms with Crippen LogP contribution in [0.2, 0.25) is 0 Å². The fraction of sp³-hybridized carbons (Fsp3) is 0.750. The van der Waals surface area contributed by atoms with Crippen molar-refractivity contribution in [3.8, 4) is 0 Å². The van der Waals surface area contributed by atoms with Crippen molar-refractivity contribution < 1.29 is 19.4 Å². The Morgan fingerprint density at radius 2 is 2.10 bits per heavy atom. The van der Waals surface area contributed by atoms with E-state index in [1.165, 1.54) is 10.5 Å². The number of epoxide rings is 1. The summed E-state index contributed by atoms with van der Waals surface area (Å²) in [6.07, 6.45) is 4.64. The molecule has 0 bridgehead atoms. The molecule has 1 saturated heterocycles. The van der Waals surface area contributed by atoms with E-state index in [4.69, 9.17) is 4.74 Å². The zero-order chi connectivity index (χ0) is 15.8. The van der Waals surface area contributed by atoms with Gasteiger partial charge in [0.05, 0.1) is 6.61 Å². The van der Waals surface area contributed by atoms with Gasteiger partial charge in [0.1, 0.15) is 11.6 Å². The molecule has 0 aromatic heterocycles. The predicted molar refractivity (Wildman–Crippen MR) is 79.3 cm³/mol. The molecule has 0 spiro atoms. The van der Waals surface area contributed by atoms with Crippen LogP contribution in [0.1, 0.15) is 53.4 Å². The van der Waals surface area contributed by atoms with Crippen molar-refractivity contribution in [2.75, 3.05) is 6.61 Å². The third kappa shape index (κ3) is 3.46. The summed E-state index contributed by atoms with van der Waals surface area (Å²) in [6, 6.07) is -0.667. The fourth-order valence-corrected chi connectivity index (χ4v) is 2.96. The number of hydrogen-bond acceptors (Lipinski definition) is 3. The molecule has 1 fully saturated rings. The van der Waals surface area contributed by atoms with Gasteiger partial charge in [0.15, 0.2) is 5.78 Å². The smallest absolute Gasteiger partial charge is 0.408 e. The number of allylic oxidation sites excluding steroid dienone is 1. The van der Waals surface area contributed by atoms with Crippen molar-refractivity contribution in [3.63, 3.8) is 0 Å². The van der Waals surface area contributed by atoms with Crippen LogP contribution in [0.5, 0.6) is 0 Å². The van der Waals surface area contributed by atoms with E-state index in [-0.39, 0.29) is 5.78 Å². The molecule has 0 aromatic rings. The summed E-state index contributed by atoms with van der Waals surface area (Å²) >= 11 is 0. The molecule has 5 heteroatoms. The zero-order valence-corrected chi connectivity index (χ0v) is 13.3. The minimum absolute atomic E-state index is 0.118. The van der Waals surface area contributed by atoms with E-state index in [9.17, 15) is 14.7 Å². The van der Waals surface area contributed by atoms with Crippen molar-refractivity contribution in [2.45, 2.75) is 70.6 Å². The van der Waals surface area contributed by atoms with E-state index in [0.717, 1.165) is 19.3 Å². The number of carboxylic acid groups (broad SMARTS) is 1. The van der Waals surface area contributed by atoms with E-state index >= 15 is 0 Å². The molecule has 0 radical (unpaired) electrons. The highest BCUT2D eigenvalue weighted by Crippen LogP contribution is 2.35. The number of hydrogen-bond donors (Lipinski definition) is 1. The quantitative estimate of drug-likeness (QED) is 0.625. The van der Waals surface area contributed by atoms with Crippen molar-refractivity contribution in [2.24, 2.45) is 0 Å². The third-order valence-corrected chi connectivity index (χ3v) is 4.23. The van der Waals surface area contributed by atoms with Crippen LogP contribution in [0.3, 0.4) is 0 Å². The zero-order valence-electron chi connectivity index (χ0n) is 13.3. The molecule has 0 saturated carbocycles. The van der Waals surface area contributed by atoms with Gasteiger partial charge in [-0.15, -0.1) is 0 Å². The molecule has 2 rings (SSSR count). The Labute approximate surface area is 126 Å². The van der Waals surface area contributed by atoms with Gasteiger partial charge in [0.2, 0.25) is 0 Å². The highest BCUT2D eigenvalue weighted by molar-refractivity contribution is 5.96. The van der Waals surface area contributed by atoms with Gasteiger partial charge in [0, 0.05) is 5.54 Å². The SMILES string of the molecule is CC1(C(=O)C(CC2=CCCC2)N(C(=O)O)C(C)(C)C)CO1. The number of amides is 1. The molecule has 1 amide bonds. The number of Topliss-reactive ketones (excluding diaryl/α,β-unsaturated/α-hetero) is 1. The molecule has 1 aliphatic carbocycles. The van der Waals surface area contributed by atoms with Gasteiger partial charge in [-0.3, -0.25) is 9.69 Å². The second-order valence-electron chi connectivity index (χ2n) is 7.18. The molecular weight excluding hydrogens is 270 g/mol. The summed E-state index contributed by atoms with van der Waals surface area (Å²) in [6.45, 7) is 7.59. The molecule has 21 heavy (non-hydrogen) atoms. The Morgan fingerprint density at radius 1 is 1.48 bits per heavy atom. The molecule has 5 nitrogen and oxygen atoms in total. The monoisotopic (exact) mass is 295 g/mol. The first-order chi connectivity index (χ1) is 9.65. The Kier molecular flexibility index (Phi) is 4.15. The predicted octanol–water partition coefficient (Wildman–Crippen LogP) is 2.99. The lowest BCUT2D eigenvalue weighted by Crippen LogP contribution is -2.56. The lowest BCUT2D eigenvalue weighted by atomic mass is 9.90. The molecule has 1 N–H and O–H groups in total. The first-order valence-electron chi connectivity index (χ1n) is 7.53. The van der Waals surface area contributed by atoms with Crippen molar-refractivity contribution in [3.05, 3.63) is 11.6 Å². The molecule has 2 aliphatic rings. The van der Waals surface area contributed by atoms with Gasteiger partial charge < -0.3 is 9.84 Å². The Hall–Kier alpha value is -1.36. The Morgan fingerprint density at radius 3 is 2.48 bits per heavy atom. The van der Waals surface area contributed by atoms with Crippen LogP contribution >= 0.6 is 0 Å². The largest absolute Gasteiger partial charge is 0.465 e. The lowest BCUT2D eigenvalue weighted by molar-refractivity contribution is -0.130. The molecule has 0 aromatic carbocycles. The first-order valence-corrected chi connectivity index (χ1v) is 7.53. The fourth-order valence-electron chi connectivity index (χ4n) is 2.96.